The molecule has 2 aromatic carbocycles. The molecular weight excluding hydrogens is 351 g/mol. The number of halogens is 1. The molecule has 3 rings (SSSR count). The number of Topliss-reactive ketones (excluding diaryl/α,β-unsaturated/α-hetero) is 1. The summed E-state index contributed by atoms with van der Waals surface area (Å²) in [4.78, 5) is 38.2. The number of esters is 1. The molecule has 1 amide bonds. The minimum Gasteiger partial charge on any atom is -0.457 e. The molecule has 3 aromatic rings. The molecule has 27 heavy (non-hydrogen) atoms. The van der Waals surface area contributed by atoms with Crippen molar-refractivity contribution in [2.45, 2.75) is 13.3 Å². The maximum absolute atomic E-state index is 14.0. The molecule has 0 aliphatic rings. The quantitative estimate of drug-likeness (QED) is 0.516. The van der Waals surface area contributed by atoms with Gasteiger partial charge in [-0.2, -0.15) is 0 Å². The average molecular weight is 368 g/mol. The minimum absolute atomic E-state index is 0.00123. The lowest BCUT2D eigenvalue weighted by Crippen LogP contribution is -2.17. The normalized spacial score (nSPS) is 10.6. The predicted molar refractivity (Wildman–Crippen MR) is 98.0 cm³/mol. The Morgan fingerprint density at radius 3 is 2.67 bits per heavy atom. The maximum Gasteiger partial charge on any atom is 0.310 e. The van der Waals surface area contributed by atoms with Crippen LogP contribution in [-0.2, 0) is 20.7 Å². The van der Waals surface area contributed by atoms with Crippen LogP contribution in [0.3, 0.4) is 0 Å². The van der Waals surface area contributed by atoms with Crippen LogP contribution in [0.5, 0.6) is 0 Å². The lowest BCUT2D eigenvalue weighted by molar-refractivity contribution is -0.141. The van der Waals surface area contributed by atoms with Crippen molar-refractivity contribution in [3.63, 3.8) is 0 Å². The smallest absolute Gasteiger partial charge is 0.310 e. The molecule has 0 fully saturated rings. The van der Waals surface area contributed by atoms with Gasteiger partial charge < -0.3 is 15.0 Å². The highest BCUT2D eigenvalue weighted by molar-refractivity contribution is 5.99. The van der Waals surface area contributed by atoms with E-state index in [0.29, 0.717) is 0 Å². The first-order valence-corrected chi connectivity index (χ1v) is 8.25. The topological polar surface area (TPSA) is 88.3 Å². The molecule has 0 unspecified atom stereocenters. The first-order valence-electron chi connectivity index (χ1n) is 8.25. The average Bonchev–Trinajstić information content (AvgIpc) is 3.02. The molecular formula is C20H17FN2O4. The van der Waals surface area contributed by atoms with Crippen molar-refractivity contribution in [3.8, 4) is 0 Å². The SMILES string of the molecule is CC(=O)Nc1ccc(C(=O)COC(=O)Cc2c[nH]c3ccccc23)c(F)c1. The molecule has 0 bridgehead atoms. The summed E-state index contributed by atoms with van der Waals surface area (Å²) in [7, 11) is 0. The summed E-state index contributed by atoms with van der Waals surface area (Å²) >= 11 is 0. The Labute approximate surface area is 154 Å². The van der Waals surface area contributed by atoms with E-state index in [1.807, 2.05) is 24.3 Å². The number of rotatable bonds is 6. The van der Waals surface area contributed by atoms with Crippen molar-refractivity contribution < 1.29 is 23.5 Å². The van der Waals surface area contributed by atoms with E-state index < -0.39 is 24.2 Å². The number of amides is 1. The summed E-state index contributed by atoms with van der Waals surface area (Å²) in [6.45, 7) is 0.738. The van der Waals surface area contributed by atoms with E-state index in [2.05, 4.69) is 10.3 Å². The third-order valence-electron chi connectivity index (χ3n) is 3.96. The summed E-state index contributed by atoms with van der Waals surface area (Å²) in [6, 6.07) is 11.2. The van der Waals surface area contributed by atoms with Crippen molar-refractivity contribution in [2.24, 2.45) is 0 Å². The lowest BCUT2D eigenvalue weighted by atomic mass is 10.1. The number of anilines is 1. The largest absolute Gasteiger partial charge is 0.457 e. The molecule has 1 heterocycles. The molecule has 0 saturated carbocycles. The van der Waals surface area contributed by atoms with E-state index in [1.54, 1.807) is 6.20 Å². The van der Waals surface area contributed by atoms with Crippen LogP contribution >= 0.6 is 0 Å². The van der Waals surface area contributed by atoms with Gasteiger partial charge in [-0.3, -0.25) is 14.4 Å². The van der Waals surface area contributed by atoms with Crippen molar-refractivity contribution in [1.82, 2.24) is 4.98 Å². The fraction of sp³-hybridized carbons (Fsp3) is 0.150. The first-order chi connectivity index (χ1) is 12.9. The zero-order valence-electron chi connectivity index (χ0n) is 14.5. The van der Waals surface area contributed by atoms with Gasteiger partial charge in [-0.1, -0.05) is 18.2 Å². The number of hydrogen-bond acceptors (Lipinski definition) is 4. The Kier molecular flexibility index (Phi) is 5.30. The Balaban J connectivity index is 1.60. The fourth-order valence-electron chi connectivity index (χ4n) is 2.73. The fourth-order valence-corrected chi connectivity index (χ4v) is 2.73. The second kappa shape index (κ2) is 7.82. The number of hydrogen-bond donors (Lipinski definition) is 2. The number of carbonyl (C=O) groups is 3. The second-order valence-corrected chi connectivity index (χ2v) is 6.00. The Hall–Kier alpha value is -3.48. The predicted octanol–water partition coefficient (Wildman–Crippen LogP) is 3.23. The van der Waals surface area contributed by atoms with E-state index in [4.69, 9.17) is 4.74 Å². The zero-order valence-corrected chi connectivity index (χ0v) is 14.5. The molecule has 0 atom stereocenters. The number of benzene rings is 2. The van der Waals surface area contributed by atoms with Gasteiger partial charge in [0, 0.05) is 29.7 Å². The summed E-state index contributed by atoms with van der Waals surface area (Å²) in [6.07, 6.45) is 1.72. The van der Waals surface area contributed by atoms with E-state index >= 15 is 0 Å². The van der Waals surface area contributed by atoms with Gasteiger partial charge in [0.15, 0.2) is 6.61 Å². The standard InChI is InChI=1S/C20H17FN2O4/c1-12(24)23-14-6-7-16(17(21)9-14)19(25)11-27-20(26)8-13-10-22-18-5-3-2-4-15(13)18/h2-7,9-10,22H,8,11H2,1H3,(H,23,24). The number of carbonyl (C=O) groups excluding carboxylic acids is 3. The highest BCUT2D eigenvalue weighted by atomic mass is 19.1. The van der Waals surface area contributed by atoms with Crippen molar-refractivity contribution in [2.75, 3.05) is 11.9 Å². The van der Waals surface area contributed by atoms with Crippen LogP contribution in [0.2, 0.25) is 0 Å². The molecule has 1 aromatic heterocycles. The second-order valence-electron chi connectivity index (χ2n) is 6.00. The number of nitrogens with one attached hydrogen (secondary N) is 2. The number of aromatic amines is 1. The van der Waals surface area contributed by atoms with Crippen LogP contribution in [0.25, 0.3) is 10.9 Å². The van der Waals surface area contributed by atoms with Crippen LogP contribution in [-0.4, -0.2) is 29.3 Å². The van der Waals surface area contributed by atoms with Gasteiger partial charge in [0.25, 0.3) is 0 Å². The molecule has 7 heteroatoms. The first kappa shape index (κ1) is 18.3. The molecule has 138 valence electrons. The third kappa shape index (κ3) is 4.38. The Bertz CT molecular complexity index is 1030. The van der Waals surface area contributed by atoms with Gasteiger partial charge in [0.1, 0.15) is 5.82 Å². The summed E-state index contributed by atoms with van der Waals surface area (Å²) in [5.41, 5.74) is 1.70. The zero-order chi connectivity index (χ0) is 19.4. The van der Waals surface area contributed by atoms with Crippen molar-refractivity contribution in [1.29, 1.82) is 0 Å². The monoisotopic (exact) mass is 368 g/mol. The van der Waals surface area contributed by atoms with Gasteiger partial charge in [0.2, 0.25) is 11.7 Å². The summed E-state index contributed by atoms with van der Waals surface area (Å²) < 4.78 is 19.0. The number of para-hydroxylation sites is 1. The van der Waals surface area contributed by atoms with E-state index in [-0.39, 0.29) is 23.6 Å². The molecule has 0 saturated heterocycles. The molecule has 0 aliphatic carbocycles. The number of ketones is 1. The van der Waals surface area contributed by atoms with E-state index in [9.17, 15) is 18.8 Å². The Morgan fingerprint density at radius 2 is 1.93 bits per heavy atom. The third-order valence-corrected chi connectivity index (χ3v) is 3.96. The number of aromatic nitrogens is 1. The van der Waals surface area contributed by atoms with Crippen LogP contribution in [0.4, 0.5) is 10.1 Å². The molecule has 0 radical (unpaired) electrons. The Morgan fingerprint density at radius 1 is 1.15 bits per heavy atom. The summed E-state index contributed by atoms with van der Waals surface area (Å²) in [5, 5.41) is 3.33. The molecule has 2 N–H and O–H groups in total. The number of ether oxygens (including phenoxy) is 1. The molecule has 6 nitrogen and oxygen atoms in total. The van der Waals surface area contributed by atoms with Crippen molar-refractivity contribution >= 4 is 34.3 Å². The van der Waals surface area contributed by atoms with Crippen LogP contribution in [0.15, 0.2) is 48.7 Å². The summed E-state index contributed by atoms with van der Waals surface area (Å²) in [5.74, 6) is -2.38. The van der Waals surface area contributed by atoms with Gasteiger partial charge in [-0.25, -0.2) is 4.39 Å². The van der Waals surface area contributed by atoms with Gasteiger partial charge in [0.05, 0.1) is 12.0 Å². The number of H-pyrrole nitrogens is 1. The highest BCUT2D eigenvalue weighted by Gasteiger charge is 2.16. The van der Waals surface area contributed by atoms with Crippen LogP contribution in [0, 0.1) is 5.82 Å². The lowest BCUT2D eigenvalue weighted by Gasteiger charge is -2.07. The van der Waals surface area contributed by atoms with Gasteiger partial charge >= 0.3 is 5.97 Å². The van der Waals surface area contributed by atoms with Crippen molar-refractivity contribution in [3.05, 3.63) is 65.6 Å². The van der Waals surface area contributed by atoms with E-state index in [0.717, 1.165) is 22.5 Å². The number of fused-ring (bicyclic) bond motifs is 1. The minimum atomic E-state index is -0.793. The van der Waals surface area contributed by atoms with Gasteiger partial charge in [-0.05, 0) is 29.8 Å². The van der Waals surface area contributed by atoms with Gasteiger partial charge in [-0.15, -0.1) is 0 Å². The molecule has 0 aliphatic heterocycles. The van der Waals surface area contributed by atoms with E-state index in [1.165, 1.54) is 19.1 Å². The maximum atomic E-state index is 14.0. The highest BCUT2D eigenvalue weighted by Crippen LogP contribution is 2.19. The molecule has 0 spiro atoms. The van der Waals surface area contributed by atoms with Crippen LogP contribution in [0.1, 0.15) is 22.8 Å². The van der Waals surface area contributed by atoms with Crippen LogP contribution < -0.4 is 5.32 Å².